The van der Waals surface area contributed by atoms with Gasteiger partial charge in [0.05, 0.1) is 11.6 Å². The van der Waals surface area contributed by atoms with Gasteiger partial charge in [-0.2, -0.15) is 5.26 Å². The van der Waals surface area contributed by atoms with E-state index in [0.29, 0.717) is 25.2 Å². The van der Waals surface area contributed by atoms with Crippen LogP contribution in [0, 0.1) is 11.3 Å². The second-order valence-corrected chi connectivity index (χ2v) is 5.70. The lowest BCUT2D eigenvalue weighted by Gasteiger charge is -2.37. The lowest BCUT2D eigenvalue weighted by atomic mass is 10.2. The van der Waals surface area contributed by atoms with Gasteiger partial charge in [0, 0.05) is 38.9 Å². The van der Waals surface area contributed by atoms with Crippen LogP contribution in [0.15, 0.2) is 31.0 Å². The lowest BCUT2D eigenvalue weighted by Crippen LogP contribution is -2.55. The van der Waals surface area contributed by atoms with Crippen molar-refractivity contribution >= 4 is 17.8 Å². The van der Waals surface area contributed by atoms with Crippen molar-refractivity contribution in [3.05, 3.63) is 36.5 Å². The number of nitrogens with one attached hydrogen (secondary N) is 2. The van der Waals surface area contributed by atoms with E-state index in [1.807, 2.05) is 17.0 Å². The molecule has 2 rings (SSSR count). The van der Waals surface area contributed by atoms with Crippen molar-refractivity contribution in [1.29, 1.82) is 5.26 Å². The molecule has 1 saturated heterocycles. The summed E-state index contributed by atoms with van der Waals surface area (Å²) in [5, 5.41) is 13.7. The Labute approximate surface area is 147 Å². The Morgan fingerprint density at radius 1 is 1.40 bits per heavy atom. The largest absolute Gasteiger partial charge is 0.354 e. The van der Waals surface area contributed by atoms with E-state index < -0.39 is 12.1 Å². The van der Waals surface area contributed by atoms with Crippen LogP contribution < -0.4 is 15.5 Å². The van der Waals surface area contributed by atoms with E-state index in [9.17, 15) is 9.59 Å². The standard InChI is InChI=1S/C17H22N6O2/c1-3-6-19-17(25)21-16(24)13(2)22-7-9-23(10-8-22)15-5-4-14(11-18)12-20-15/h3-5,12-13H,1,6-10H2,2H3,(H2,19,21,24,25)/t13-/m0/s1. The second kappa shape index (κ2) is 8.80. The zero-order chi connectivity index (χ0) is 18.2. The van der Waals surface area contributed by atoms with E-state index >= 15 is 0 Å². The highest BCUT2D eigenvalue weighted by molar-refractivity contribution is 5.96. The van der Waals surface area contributed by atoms with Crippen molar-refractivity contribution < 1.29 is 9.59 Å². The predicted molar refractivity (Wildman–Crippen MR) is 93.9 cm³/mol. The van der Waals surface area contributed by atoms with Crippen molar-refractivity contribution in [2.24, 2.45) is 0 Å². The Kier molecular flexibility index (Phi) is 6.48. The second-order valence-electron chi connectivity index (χ2n) is 5.70. The van der Waals surface area contributed by atoms with Gasteiger partial charge in [-0.05, 0) is 19.1 Å². The number of carbonyl (C=O) groups is 2. The third-order valence-corrected chi connectivity index (χ3v) is 4.09. The number of hydrogen-bond donors (Lipinski definition) is 2. The van der Waals surface area contributed by atoms with Crippen LogP contribution in [0.3, 0.4) is 0 Å². The number of anilines is 1. The normalized spacial score (nSPS) is 15.8. The first-order valence-electron chi connectivity index (χ1n) is 8.10. The first kappa shape index (κ1) is 18.4. The molecule has 2 N–H and O–H groups in total. The number of nitriles is 1. The fraction of sp³-hybridized carbons (Fsp3) is 0.412. The summed E-state index contributed by atoms with van der Waals surface area (Å²) in [6.07, 6.45) is 3.10. The molecule has 1 fully saturated rings. The van der Waals surface area contributed by atoms with Gasteiger partial charge in [0.15, 0.2) is 0 Å². The summed E-state index contributed by atoms with van der Waals surface area (Å²) in [5.41, 5.74) is 0.530. The lowest BCUT2D eigenvalue weighted by molar-refractivity contribution is -0.124. The summed E-state index contributed by atoms with van der Waals surface area (Å²) in [7, 11) is 0. The van der Waals surface area contributed by atoms with Crippen LogP contribution in [0.1, 0.15) is 12.5 Å². The zero-order valence-electron chi connectivity index (χ0n) is 14.2. The molecular formula is C17H22N6O2. The van der Waals surface area contributed by atoms with Crippen LogP contribution in [0.4, 0.5) is 10.6 Å². The molecule has 1 aromatic heterocycles. The van der Waals surface area contributed by atoms with Crippen LogP contribution in [0.25, 0.3) is 0 Å². The van der Waals surface area contributed by atoms with Crippen LogP contribution >= 0.6 is 0 Å². The first-order chi connectivity index (χ1) is 12.0. The maximum Gasteiger partial charge on any atom is 0.321 e. The maximum atomic E-state index is 12.1. The minimum atomic E-state index is -0.517. The number of nitrogens with zero attached hydrogens (tertiary/aromatic N) is 4. The van der Waals surface area contributed by atoms with Crippen molar-refractivity contribution in [2.75, 3.05) is 37.6 Å². The molecule has 8 heteroatoms. The molecule has 132 valence electrons. The average molecular weight is 342 g/mol. The summed E-state index contributed by atoms with van der Waals surface area (Å²) in [4.78, 5) is 32.1. The van der Waals surface area contributed by atoms with Crippen molar-refractivity contribution in [1.82, 2.24) is 20.5 Å². The third kappa shape index (κ3) is 5.02. The van der Waals surface area contributed by atoms with E-state index in [1.165, 1.54) is 0 Å². The number of amides is 3. The molecule has 1 aromatic rings. The quantitative estimate of drug-likeness (QED) is 0.755. The number of hydrogen-bond acceptors (Lipinski definition) is 6. The van der Waals surface area contributed by atoms with Gasteiger partial charge >= 0.3 is 6.03 Å². The molecule has 0 aliphatic carbocycles. The molecule has 1 aliphatic rings. The van der Waals surface area contributed by atoms with Crippen molar-refractivity contribution in [3.8, 4) is 6.07 Å². The highest BCUT2D eigenvalue weighted by Gasteiger charge is 2.26. The van der Waals surface area contributed by atoms with Gasteiger partial charge in [0.2, 0.25) is 5.91 Å². The van der Waals surface area contributed by atoms with Crippen LogP contribution in [0.2, 0.25) is 0 Å². The molecule has 0 saturated carbocycles. The fourth-order valence-corrected chi connectivity index (χ4v) is 2.57. The molecule has 0 aromatic carbocycles. The van der Waals surface area contributed by atoms with E-state index in [4.69, 9.17) is 5.26 Å². The number of urea groups is 1. The maximum absolute atomic E-state index is 12.1. The Morgan fingerprint density at radius 2 is 2.12 bits per heavy atom. The van der Waals surface area contributed by atoms with Gasteiger partial charge < -0.3 is 10.2 Å². The smallest absolute Gasteiger partial charge is 0.321 e. The van der Waals surface area contributed by atoms with E-state index in [-0.39, 0.29) is 5.91 Å². The predicted octanol–water partition coefficient (Wildman–Crippen LogP) is 0.476. The van der Waals surface area contributed by atoms with Gasteiger partial charge in [-0.3, -0.25) is 15.0 Å². The van der Waals surface area contributed by atoms with Crippen molar-refractivity contribution in [2.45, 2.75) is 13.0 Å². The average Bonchev–Trinajstić information content (AvgIpc) is 2.66. The minimum absolute atomic E-state index is 0.309. The number of aromatic nitrogens is 1. The Hall–Kier alpha value is -2.92. The highest BCUT2D eigenvalue weighted by Crippen LogP contribution is 2.15. The third-order valence-electron chi connectivity index (χ3n) is 4.09. The number of piperazine rings is 1. The summed E-state index contributed by atoms with van der Waals surface area (Å²) in [6.45, 7) is 8.41. The van der Waals surface area contributed by atoms with Gasteiger partial charge in [0.25, 0.3) is 0 Å². The topological polar surface area (TPSA) is 101 Å². The molecule has 0 spiro atoms. The number of imide groups is 1. The molecule has 1 aliphatic heterocycles. The van der Waals surface area contributed by atoms with E-state index in [0.717, 1.165) is 18.9 Å². The molecule has 2 heterocycles. The van der Waals surface area contributed by atoms with E-state index in [1.54, 1.807) is 25.3 Å². The highest BCUT2D eigenvalue weighted by atomic mass is 16.2. The molecule has 25 heavy (non-hydrogen) atoms. The van der Waals surface area contributed by atoms with Crippen LogP contribution in [0.5, 0.6) is 0 Å². The molecule has 8 nitrogen and oxygen atoms in total. The number of pyridine rings is 1. The molecular weight excluding hydrogens is 320 g/mol. The molecule has 1 atom stereocenters. The van der Waals surface area contributed by atoms with Crippen LogP contribution in [-0.2, 0) is 4.79 Å². The van der Waals surface area contributed by atoms with Gasteiger partial charge in [-0.1, -0.05) is 6.08 Å². The molecule has 3 amide bonds. The SMILES string of the molecule is C=CCNC(=O)NC(=O)[C@H](C)N1CCN(c2ccc(C#N)cn2)CC1. The fourth-order valence-electron chi connectivity index (χ4n) is 2.57. The number of rotatable bonds is 5. The summed E-state index contributed by atoms with van der Waals surface area (Å²) >= 11 is 0. The molecule has 0 unspecified atom stereocenters. The molecule has 0 bridgehead atoms. The van der Waals surface area contributed by atoms with Crippen molar-refractivity contribution in [3.63, 3.8) is 0 Å². The van der Waals surface area contributed by atoms with Crippen LogP contribution in [-0.4, -0.2) is 60.6 Å². The Balaban J connectivity index is 1.84. The first-order valence-corrected chi connectivity index (χ1v) is 8.10. The summed E-state index contributed by atoms with van der Waals surface area (Å²) < 4.78 is 0. The monoisotopic (exact) mass is 342 g/mol. The van der Waals surface area contributed by atoms with Gasteiger partial charge in [-0.15, -0.1) is 6.58 Å². The summed E-state index contributed by atoms with van der Waals surface area (Å²) in [5.74, 6) is 0.492. The van der Waals surface area contributed by atoms with E-state index in [2.05, 4.69) is 27.1 Å². The molecule has 0 radical (unpaired) electrons. The number of carbonyl (C=O) groups excluding carboxylic acids is 2. The Morgan fingerprint density at radius 3 is 2.68 bits per heavy atom. The van der Waals surface area contributed by atoms with Gasteiger partial charge in [-0.25, -0.2) is 9.78 Å². The zero-order valence-corrected chi connectivity index (χ0v) is 14.2. The summed E-state index contributed by atoms with van der Waals surface area (Å²) in [6, 6.07) is 4.70. The minimum Gasteiger partial charge on any atom is -0.354 e. The van der Waals surface area contributed by atoms with Gasteiger partial charge in [0.1, 0.15) is 11.9 Å². The Bertz CT molecular complexity index is 659.